The smallest absolute Gasteiger partial charge is 0.251 e. The van der Waals surface area contributed by atoms with Crippen molar-refractivity contribution in [3.63, 3.8) is 0 Å². The van der Waals surface area contributed by atoms with Crippen LogP contribution >= 0.6 is 0 Å². The molecule has 0 fully saturated rings. The molecule has 102 valence electrons. The number of nitrogens with zero attached hydrogens (tertiary/aromatic N) is 1. The number of pyridine rings is 1. The molecule has 0 spiro atoms. The van der Waals surface area contributed by atoms with E-state index in [0.717, 1.165) is 33.2 Å². The molecule has 1 heterocycles. The Morgan fingerprint density at radius 3 is 2.38 bits per heavy atom. The summed E-state index contributed by atoms with van der Waals surface area (Å²) in [5.74, 6) is 0.0415. The molecule has 0 bridgehead atoms. The van der Waals surface area contributed by atoms with Crippen LogP contribution in [0.25, 0.3) is 22.0 Å². The quantitative estimate of drug-likeness (QED) is 0.495. The van der Waals surface area contributed by atoms with E-state index in [2.05, 4.69) is 0 Å². The summed E-state index contributed by atoms with van der Waals surface area (Å²) in [4.78, 5) is 25.0. The maximum Gasteiger partial charge on any atom is 0.251 e. The molecule has 4 rings (SSSR count). The highest BCUT2D eigenvalue weighted by molar-refractivity contribution is 6.26. The minimum atomic E-state index is -0.0588. The average molecular weight is 275 g/mol. The molecule has 0 saturated heterocycles. The van der Waals surface area contributed by atoms with E-state index in [0.29, 0.717) is 5.56 Å². The van der Waals surface area contributed by atoms with E-state index >= 15 is 0 Å². The summed E-state index contributed by atoms with van der Waals surface area (Å²) in [7, 11) is 1.74. The van der Waals surface area contributed by atoms with E-state index in [1.807, 2.05) is 43.3 Å². The van der Waals surface area contributed by atoms with Gasteiger partial charge in [0.05, 0.1) is 5.52 Å². The lowest BCUT2D eigenvalue weighted by Crippen LogP contribution is -2.20. The van der Waals surface area contributed by atoms with Gasteiger partial charge in [-0.1, -0.05) is 30.3 Å². The summed E-state index contributed by atoms with van der Waals surface area (Å²) in [6, 6.07) is 13.0. The lowest BCUT2D eigenvalue weighted by molar-refractivity contribution is 0.103. The van der Waals surface area contributed by atoms with Gasteiger partial charge in [0.25, 0.3) is 5.56 Å². The number of carbonyl (C=O) groups is 1. The molecule has 3 nitrogen and oxygen atoms in total. The van der Waals surface area contributed by atoms with Gasteiger partial charge >= 0.3 is 0 Å². The third kappa shape index (κ3) is 1.43. The third-order valence-corrected chi connectivity index (χ3v) is 4.31. The van der Waals surface area contributed by atoms with Crippen LogP contribution in [-0.2, 0) is 7.05 Å². The van der Waals surface area contributed by atoms with Gasteiger partial charge in [0, 0.05) is 29.6 Å². The normalized spacial score (nSPS) is 12.6. The number of aromatic nitrogens is 1. The van der Waals surface area contributed by atoms with Gasteiger partial charge in [-0.05, 0) is 29.7 Å². The second kappa shape index (κ2) is 3.92. The van der Waals surface area contributed by atoms with Crippen molar-refractivity contribution in [2.24, 2.45) is 7.05 Å². The van der Waals surface area contributed by atoms with Crippen LogP contribution < -0.4 is 5.56 Å². The molecule has 1 aromatic heterocycles. The monoisotopic (exact) mass is 275 g/mol. The SMILES string of the molecule is Cc1ccc2c3c(cc(=O)n2C)-c2ccccc2C(=O)c13. The predicted octanol–water partition coefficient (Wildman–Crippen LogP) is 3.06. The van der Waals surface area contributed by atoms with Crippen molar-refractivity contribution < 1.29 is 4.79 Å². The van der Waals surface area contributed by atoms with E-state index in [1.54, 1.807) is 17.7 Å². The number of benzene rings is 2. The van der Waals surface area contributed by atoms with Gasteiger partial charge in [-0.2, -0.15) is 0 Å². The molecule has 1 aliphatic carbocycles. The molecular weight excluding hydrogens is 262 g/mol. The highest BCUT2D eigenvalue weighted by Crippen LogP contribution is 2.39. The highest BCUT2D eigenvalue weighted by atomic mass is 16.1. The predicted molar refractivity (Wildman–Crippen MR) is 82.8 cm³/mol. The molecule has 2 aromatic carbocycles. The minimum Gasteiger partial charge on any atom is -0.311 e. The van der Waals surface area contributed by atoms with E-state index < -0.39 is 0 Å². The fraction of sp³-hybridized carbons (Fsp3) is 0.111. The molecule has 1 aliphatic rings. The highest BCUT2D eigenvalue weighted by Gasteiger charge is 2.27. The molecule has 3 aromatic rings. The molecule has 0 amide bonds. The number of rotatable bonds is 0. The molecule has 0 radical (unpaired) electrons. The Hall–Kier alpha value is -2.68. The summed E-state index contributed by atoms with van der Waals surface area (Å²) >= 11 is 0. The first-order valence-corrected chi connectivity index (χ1v) is 6.87. The van der Waals surface area contributed by atoms with E-state index in [4.69, 9.17) is 0 Å². The maximum atomic E-state index is 12.8. The first-order valence-electron chi connectivity index (χ1n) is 6.87. The van der Waals surface area contributed by atoms with Gasteiger partial charge in [-0.3, -0.25) is 9.59 Å². The van der Waals surface area contributed by atoms with Crippen LogP contribution in [0, 0.1) is 6.92 Å². The summed E-state index contributed by atoms with van der Waals surface area (Å²) < 4.78 is 1.60. The Morgan fingerprint density at radius 1 is 0.905 bits per heavy atom. The van der Waals surface area contributed by atoms with Crippen molar-refractivity contribution in [1.29, 1.82) is 0 Å². The zero-order valence-electron chi connectivity index (χ0n) is 11.8. The summed E-state index contributed by atoms with van der Waals surface area (Å²) in [5, 5.41) is 0.890. The molecule has 0 aliphatic heterocycles. The Morgan fingerprint density at radius 2 is 1.62 bits per heavy atom. The number of carbonyl (C=O) groups excluding carboxylic acids is 1. The molecule has 0 saturated carbocycles. The second-order valence-corrected chi connectivity index (χ2v) is 5.48. The van der Waals surface area contributed by atoms with Gasteiger partial charge in [-0.25, -0.2) is 0 Å². The minimum absolute atomic E-state index is 0.0415. The molecule has 3 heteroatoms. The number of fused-ring (bicyclic) bond motifs is 2. The van der Waals surface area contributed by atoms with Crippen molar-refractivity contribution in [3.8, 4) is 11.1 Å². The molecular formula is C18H13NO2. The second-order valence-electron chi connectivity index (χ2n) is 5.48. The summed E-state index contributed by atoms with van der Waals surface area (Å²) in [5.41, 5.74) is 4.80. The number of ketones is 1. The lowest BCUT2D eigenvalue weighted by Gasteiger charge is -2.22. The van der Waals surface area contributed by atoms with Crippen molar-refractivity contribution in [2.45, 2.75) is 6.92 Å². The van der Waals surface area contributed by atoms with Crippen LogP contribution in [0.1, 0.15) is 21.5 Å². The van der Waals surface area contributed by atoms with Crippen molar-refractivity contribution in [1.82, 2.24) is 4.57 Å². The standard InChI is InChI=1S/C18H13NO2/c1-10-7-8-14-17-13(9-15(20)19(14)2)11-5-3-4-6-12(11)18(21)16(10)17/h3-9H,1-2H3. The van der Waals surface area contributed by atoms with Gasteiger partial charge in [0.1, 0.15) is 0 Å². The maximum absolute atomic E-state index is 12.8. The van der Waals surface area contributed by atoms with Gasteiger partial charge in [0.15, 0.2) is 5.78 Å². The van der Waals surface area contributed by atoms with Gasteiger partial charge < -0.3 is 4.57 Å². The van der Waals surface area contributed by atoms with E-state index in [-0.39, 0.29) is 11.3 Å². The average Bonchev–Trinajstić information content (AvgIpc) is 2.49. The zero-order chi connectivity index (χ0) is 14.7. The van der Waals surface area contributed by atoms with E-state index in [9.17, 15) is 9.59 Å². The molecule has 0 atom stereocenters. The Kier molecular flexibility index (Phi) is 2.25. The fourth-order valence-electron chi connectivity index (χ4n) is 3.21. The Bertz CT molecular complexity index is 996. The van der Waals surface area contributed by atoms with Crippen molar-refractivity contribution in [3.05, 3.63) is 69.5 Å². The Balaban J connectivity index is 2.35. The van der Waals surface area contributed by atoms with E-state index in [1.165, 1.54) is 0 Å². The van der Waals surface area contributed by atoms with Crippen LogP contribution in [0.5, 0.6) is 0 Å². The molecule has 21 heavy (non-hydrogen) atoms. The Labute approximate surface area is 121 Å². The number of hydrogen-bond donors (Lipinski definition) is 0. The number of aryl methyl sites for hydroxylation is 2. The van der Waals surface area contributed by atoms with Crippen LogP contribution in [0.3, 0.4) is 0 Å². The van der Waals surface area contributed by atoms with Crippen LogP contribution in [0.15, 0.2) is 47.3 Å². The van der Waals surface area contributed by atoms with Gasteiger partial charge in [-0.15, -0.1) is 0 Å². The zero-order valence-corrected chi connectivity index (χ0v) is 11.8. The lowest BCUT2D eigenvalue weighted by atomic mass is 9.82. The third-order valence-electron chi connectivity index (χ3n) is 4.31. The van der Waals surface area contributed by atoms with Crippen LogP contribution in [0.2, 0.25) is 0 Å². The summed E-state index contributed by atoms with van der Waals surface area (Å²) in [6.07, 6.45) is 0. The van der Waals surface area contributed by atoms with Crippen molar-refractivity contribution in [2.75, 3.05) is 0 Å². The van der Waals surface area contributed by atoms with Crippen LogP contribution in [0.4, 0.5) is 0 Å². The first-order chi connectivity index (χ1) is 10.1. The van der Waals surface area contributed by atoms with Crippen LogP contribution in [-0.4, -0.2) is 10.4 Å². The largest absolute Gasteiger partial charge is 0.311 e. The number of hydrogen-bond acceptors (Lipinski definition) is 2. The molecule has 0 N–H and O–H groups in total. The van der Waals surface area contributed by atoms with Gasteiger partial charge in [0.2, 0.25) is 0 Å². The topological polar surface area (TPSA) is 39.1 Å². The first kappa shape index (κ1) is 12.1. The van der Waals surface area contributed by atoms with Crippen molar-refractivity contribution >= 4 is 16.7 Å². The molecule has 0 unspecified atom stereocenters. The summed E-state index contributed by atoms with van der Waals surface area (Å²) in [6.45, 7) is 1.94. The fourth-order valence-corrected chi connectivity index (χ4v) is 3.21.